The average Bonchev–Trinajstić information content (AvgIpc) is 2.13. The molecule has 1 aromatic heterocycles. The minimum atomic E-state index is -0.251. The second-order valence-electron chi connectivity index (χ2n) is 2.99. The van der Waals surface area contributed by atoms with E-state index in [0.717, 1.165) is 11.1 Å². The van der Waals surface area contributed by atoms with Crippen LogP contribution < -0.4 is 0 Å². The van der Waals surface area contributed by atoms with E-state index in [1.165, 1.54) is 6.07 Å². The van der Waals surface area contributed by atoms with E-state index in [4.69, 9.17) is 0 Å². The van der Waals surface area contributed by atoms with Gasteiger partial charge in [-0.25, -0.2) is 14.4 Å². The maximum absolute atomic E-state index is 13.3. The molecule has 2 aromatic rings. The Morgan fingerprint density at radius 3 is 2.46 bits per heavy atom. The molecular formula is C10H5FN2. The summed E-state index contributed by atoms with van der Waals surface area (Å²) in [5, 5.41) is 0. The standard InChI is InChI=1S/C10H5FN2/c11-9-3-6-1-2-8(9)10-12-4-7(6)5-13-10/h1-5H. The van der Waals surface area contributed by atoms with Crippen LogP contribution in [-0.4, -0.2) is 9.97 Å². The van der Waals surface area contributed by atoms with Crippen molar-refractivity contribution in [3.8, 4) is 22.5 Å². The van der Waals surface area contributed by atoms with Gasteiger partial charge in [0.25, 0.3) is 0 Å². The summed E-state index contributed by atoms with van der Waals surface area (Å²) in [6, 6.07) is 5.11. The van der Waals surface area contributed by atoms with Crippen molar-refractivity contribution >= 4 is 0 Å². The molecular weight excluding hydrogens is 167 g/mol. The van der Waals surface area contributed by atoms with Crippen LogP contribution in [0.1, 0.15) is 0 Å². The number of nitrogens with zero attached hydrogens (tertiary/aromatic N) is 2. The van der Waals surface area contributed by atoms with E-state index in [2.05, 4.69) is 9.97 Å². The van der Waals surface area contributed by atoms with E-state index < -0.39 is 0 Å². The predicted molar refractivity (Wildman–Crippen MR) is 46.4 cm³/mol. The molecule has 0 amide bonds. The lowest BCUT2D eigenvalue weighted by Crippen LogP contribution is -1.97. The van der Waals surface area contributed by atoms with Crippen molar-refractivity contribution in [3.63, 3.8) is 0 Å². The van der Waals surface area contributed by atoms with Gasteiger partial charge in [-0.2, -0.15) is 0 Å². The molecule has 0 unspecified atom stereocenters. The van der Waals surface area contributed by atoms with Gasteiger partial charge in [0, 0.05) is 18.0 Å². The van der Waals surface area contributed by atoms with Crippen molar-refractivity contribution in [2.45, 2.75) is 0 Å². The second kappa shape index (κ2) is 2.13. The number of aromatic nitrogens is 2. The third-order valence-corrected chi connectivity index (χ3v) is 2.20. The molecule has 62 valence electrons. The monoisotopic (exact) mass is 172 g/mol. The Kier molecular flexibility index (Phi) is 1.10. The molecule has 0 radical (unpaired) electrons. The first-order valence-electron chi connectivity index (χ1n) is 3.97. The molecule has 4 bridgehead atoms. The molecule has 0 spiro atoms. The molecule has 0 saturated carbocycles. The third kappa shape index (κ3) is 0.811. The number of rotatable bonds is 0. The normalized spacial score (nSPS) is 11.5. The zero-order valence-electron chi connectivity index (χ0n) is 6.66. The van der Waals surface area contributed by atoms with Gasteiger partial charge >= 0.3 is 0 Å². The van der Waals surface area contributed by atoms with E-state index >= 15 is 0 Å². The summed E-state index contributed by atoms with van der Waals surface area (Å²) in [7, 11) is 0. The van der Waals surface area contributed by atoms with E-state index in [-0.39, 0.29) is 5.82 Å². The molecule has 1 aromatic carbocycles. The van der Waals surface area contributed by atoms with E-state index in [1.54, 1.807) is 18.5 Å². The topological polar surface area (TPSA) is 25.8 Å². The van der Waals surface area contributed by atoms with Gasteiger partial charge in [-0.1, -0.05) is 6.07 Å². The Balaban J connectivity index is 2.52. The Labute approximate surface area is 74.1 Å². The Hall–Kier alpha value is -1.77. The van der Waals surface area contributed by atoms with Crippen molar-refractivity contribution in [2.75, 3.05) is 0 Å². The molecule has 0 aliphatic carbocycles. The van der Waals surface area contributed by atoms with Crippen molar-refractivity contribution in [1.29, 1.82) is 0 Å². The highest BCUT2D eigenvalue weighted by atomic mass is 19.1. The van der Waals surface area contributed by atoms with Crippen molar-refractivity contribution in [1.82, 2.24) is 9.97 Å². The fourth-order valence-corrected chi connectivity index (χ4v) is 1.49. The van der Waals surface area contributed by atoms with Gasteiger partial charge in [0.1, 0.15) is 5.82 Å². The van der Waals surface area contributed by atoms with Gasteiger partial charge in [0.2, 0.25) is 0 Å². The summed E-state index contributed by atoms with van der Waals surface area (Å²) in [4.78, 5) is 8.10. The Bertz CT molecular complexity index is 477. The summed E-state index contributed by atoms with van der Waals surface area (Å²) in [6.45, 7) is 0. The van der Waals surface area contributed by atoms with Gasteiger partial charge in [0.15, 0.2) is 5.82 Å². The van der Waals surface area contributed by atoms with Crippen LogP contribution in [0.2, 0.25) is 0 Å². The van der Waals surface area contributed by atoms with Crippen LogP contribution in [0, 0.1) is 5.82 Å². The molecule has 3 heteroatoms. The van der Waals surface area contributed by atoms with Crippen LogP contribution in [0.5, 0.6) is 0 Å². The van der Waals surface area contributed by atoms with Gasteiger partial charge in [-0.3, -0.25) is 0 Å². The number of halogens is 1. The fraction of sp³-hybridized carbons (Fsp3) is 0. The average molecular weight is 172 g/mol. The minimum Gasteiger partial charge on any atom is -0.236 e. The molecule has 6 rings (SSSR count). The van der Waals surface area contributed by atoms with Crippen LogP contribution in [0.4, 0.5) is 4.39 Å². The van der Waals surface area contributed by atoms with Crippen LogP contribution in [0.25, 0.3) is 22.5 Å². The summed E-state index contributed by atoms with van der Waals surface area (Å²) >= 11 is 0. The van der Waals surface area contributed by atoms with Crippen LogP contribution >= 0.6 is 0 Å². The van der Waals surface area contributed by atoms with E-state index in [0.29, 0.717) is 11.4 Å². The molecule has 0 saturated heterocycles. The Morgan fingerprint density at radius 1 is 1.00 bits per heavy atom. The molecule has 4 aliphatic rings. The number of hydrogen-bond donors (Lipinski definition) is 0. The molecule has 5 heterocycles. The van der Waals surface area contributed by atoms with Crippen molar-refractivity contribution in [3.05, 3.63) is 36.4 Å². The lowest BCUT2D eigenvalue weighted by molar-refractivity contribution is 0.630. The SMILES string of the molecule is Fc1cc2ccc1-c1ncc-2cn1. The summed E-state index contributed by atoms with van der Waals surface area (Å²) in [6.07, 6.45) is 3.42. The quantitative estimate of drug-likeness (QED) is 0.519. The summed E-state index contributed by atoms with van der Waals surface area (Å²) in [5.74, 6) is 0.200. The fourth-order valence-electron chi connectivity index (χ4n) is 1.49. The lowest BCUT2D eigenvalue weighted by atomic mass is 10.0. The smallest absolute Gasteiger partial charge is 0.162 e. The van der Waals surface area contributed by atoms with Crippen LogP contribution in [0.15, 0.2) is 30.6 Å². The van der Waals surface area contributed by atoms with Gasteiger partial charge < -0.3 is 0 Å². The van der Waals surface area contributed by atoms with Gasteiger partial charge in [-0.05, 0) is 17.7 Å². The summed E-state index contributed by atoms with van der Waals surface area (Å²) < 4.78 is 13.3. The highest BCUT2D eigenvalue weighted by molar-refractivity contribution is 5.70. The zero-order valence-corrected chi connectivity index (χ0v) is 6.66. The maximum atomic E-state index is 13.3. The molecule has 2 nitrogen and oxygen atoms in total. The summed E-state index contributed by atoms with van der Waals surface area (Å²) in [5.41, 5.74) is 2.15. The zero-order chi connectivity index (χ0) is 8.84. The molecule has 13 heavy (non-hydrogen) atoms. The van der Waals surface area contributed by atoms with Gasteiger partial charge in [0.05, 0.1) is 5.56 Å². The molecule has 0 fully saturated rings. The predicted octanol–water partition coefficient (Wildman–Crippen LogP) is 2.26. The maximum Gasteiger partial charge on any atom is 0.162 e. The van der Waals surface area contributed by atoms with E-state index in [9.17, 15) is 4.39 Å². The van der Waals surface area contributed by atoms with E-state index in [1.807, 2.05) is 6.07 Å². The number of benzene rings is 1. The Morgan fingerprint density at radius 2 is 1.77 bits per heavy atom. The molecule has 0 atom stereocenters. The first kappa shape index (κ1) is 6.71. The van der Waals surface area contributed by atoms with Crippen LogP contribution in [-0.2, 0) is 0 Å². The lowest BCUT2D eigenvalue weighted by Gasteiger charge is -2.10. The molecule has 4 aliphatic heterocycles. The van der Waals surface area contributed by atoms with Gasteiger partial charge in [-0.15, -0.1) is 0 Å². The van der Waals surface area contributed by atoms with Crippen molar-refractivity contribution < 1.29 is 4.39 Å². The molecule has 0 N–H and O–H groups in total. The highest BCUT2D eigenvalue weighted by Gasteiger charge is 2.13. The number of hydrogen-bond acceptors (Lipinski definition) is 2. The first-order chi connectivity index (χ1) is 6.34. The highest BCUT2D eigenvalue weighted by Crippen LogP contribution is 2.29. The minimum absolute atomic E-state index is 0.251. The third-order valence-electron chi connectivity index (χ3n) is 2.20. The van der Waals surface area contributed by atoms with Crippen molar-refractivity contribution in [2.24, 2.45) is 0 Å². The van der Waals surface area contributed by atoms with Crippen LogP contribution in [0.3, 0.4) is 0 Å². The largest absolute Gasteiger partial charge is 0.236 e. The first-order valence-corrected chi connectivity index (χ1v) is 3.97. The second-order valence-corrected chi connectivity index (χ2v) is 2.99.